The maximum atomic E-state index is 12.9. The number of aliphatic carboxylic acids is 1. The van der Waals surface area contributed by atoms with E-state index in [4.69, 9.17) is 4.74 Å². The van der Waals surface area contributed by atoms with Crippen LogP contribution in [-0.2, 0) is 20.4 Å². The molecule has 0 spiro atoms. The van der Waals surface area contributed by atoms with Crippen molar-refractivity contribution < 1.29 is 19.4 Å². The van der Waals surface area contributed by atoms with Crippen LogP contribution in [0.5, 0.6) is 5.75 Å². The van der Waals surface area contributed by atoms with Gasteiger partial charge in [0, 0.05) is 6.54 Å². The van der Waals surface area contributed by atoms with E-state index in [0.717, 1.165) is 11.3 Å². The molecule has 0 aromatic heterocycles. The maximum absolute atomic E-state index is 12.9. The highest BCUT2D eigenvalue weighted by molar-refractivity contribution is 5.89. The molecule has 0 fully saturated rings. The quantitative estimate of drug-likeness (QED) is 0.746. The zero-order valence-corrected chi connectivity index (χ0v) is 16.3. The fourth-order valence-corrected chi connectivity index (χ4v) is 3.13. The van der Waals surface area contributed by atoms with Crippen LogP contribution < -0.4 is 10.1 Å². The predicted octanol–water partition coefficient (Wildman–Crippen LogP) is 3.52. The maximum Gasteiger partial charge on any atom is 0.315 e. The lowest BCUT2D eigenvalue weighted by Gasteiger charge is -2.31. The van der Waals surface area contributed by atoms with E-state index in [0.29, 0.717) is 12.0 Å². The van der Waals surface area contributed by atoms with Gasteiger partial charge >= 0.3 is 5.97 Å². The molecular weight excluding hydrogens is 342 g/mol. The molecule has 2 aromatic rings. The van der Waals surface area contributed by atoms with E-state index in [2.05, 4.69) is 5.32 Å². The van der Waals surface area contributed by atoms with Gasteiger partial charge in [-0.25, -0.2) is 0 Å². The number of amides is 1. The fourth-order valence-electron chi connectivity index (χ4n) is 3.13. The summed E-state index contributed by atoms with van der Waals surface area (Å²) >= 11 is 0. The van der Waals surface area contributed by atoms with Crippen LogP contribution in [0.4, 0.5) is 0 Å². The van der Waals surface area contributed by atoms with E-state index < -0.39 is 16.8 Å². The minimum absolute atomic E-state index is 0.0290. The third-order valence-electron chi connectivity index (χ3n) is 5.27. The van der Waals surface area contributed by atoms with Crippen molar-refractivity contribution in [3.63, 3.8) is 0 Å². The van der Waals surface area contributed by atoms with Crippen molar-refractivity contribution in [2.75, 3.05) is 13.7 Å². The number of ether oxygens (including phenoxy) is 1. The van der Waals surface area contributed by atoms with E-state index in [1.807, 2.05) is 63.2 Å². The van der Waals surface area contributed by atoms with Crippen LogP contribution in [0.3, 0.4) is 0 Å². The Balaban J connectivity index is 2.23. The first-order valence-electron chi connectivity index (χ1n) is 8.99. The Labute approximate surface area is 160 Å². The molecule has 27 heavy (non-hydrogen) atoms. The van der Waals surface area contributed by atoms with E-state index in [-0.39, 0.29) is 12.5 Å². The Bertz CT molecular complexity index is 784. The molecule has 0 saturated carbocycles. The van der Waals surface area contributed by atoms with Gasteiger partial charge in [-0.1, -0.05) is 49.4 Å². The van der Waals surface area contributed by atoms with E-state index >= 15 is 0 Å². The SMILES string of the molecule is CCC(CNC(=O)C(C)(C)c1ccc(OC)cc1)(C(=O)O)c1ccccc1. The lowest BCUT2D eigenvalue weighted by Crippen LogP contribution is -2.50. The van der Waals surface area contributed by atoms with Crippen molar-refractivity contribution in [1.82, 2.24) is 5.32 Å². The van der Waals surface area contributed by atoms with Crippen LogP contribution >= 0.6 is 0 Å². The molecule has 1 unspecified atom stereocenters. The summed E-state index contributed by atoms with van der Waals surface area (Å²) in [4.78, 5) is 25.0. The summed E-state index contributed by atoms with van der Waals surface area (Å²) in [6.07, 6.45) is 0.371. The third-order valence-corrected chi connectivity index (χ3v) is 5.27. The number of nitrogens with one attached hydrogen (secondary N) is 1. The summed E-state index contributed by atoms with van der Waals surface area (Å²) in [7, 11) is 1.59. The van der Waals surface area contributed by atoms with Crippen LogP contribution in [-0.4, -0.2) is 30.6 Å². The minimum atomic E-state index is -1.16. The smallest absolute Gasteiger partial charge is 0.315 e. The average molecular weight is 369 g/mol. The topological polar surface area (TPSA) is 75.6 Å². The number of rotatable bonds is 8. The Hall–Kier alpha value is -2.82. The zero-order valence-electron chi connectivity index (χ0n) is 16.3. The third kappa shape index (κ3) is 4.13. The molecule has 1 amide bonds. The van der Waals surface area contributed by atoms with Gasteiger partial charge in [0.2, 0.25) is 5.91 Å². The second-order valence-electron chi connectivity index (χ2n) is 7.14. The largest absolute Gasteiger partial charge is 0.497 e. The van der Waals surface area contributed by atoms with Crippen molar-refractivity contribution in [2.24, 2.45) is 0 Å². The first kappa shape index (κ1) is 20.5. The molecular formula is C22H27NO4. The molecule has 1 atom stereocenters. The second-order valence-corrected chi connectivity index (χ2v) is 7.14. The van der Waals surface area contributed by atoms with Gasteiger partial charge in [-0.15, -0.1) is 0 Å². The molecule has 0 aliphatic rings. The predicted molar refractivity (Wildman–Crippen MR) is 105 cm³/mol. The summed E-state index contributed by atoms with van der Waals surface area (Å²) in [5, 5.41) is 12.8. The van der Waals surface area contributed by atoms with Gasteiger partial charge < -0.3 is 15.2 Å². The highest BCUT2D eigenvalue weighted by Gasteiger charge is 2.40. The Morgan fingerprint density at radius 3 is 2.07 bits per heavy atom. The molecule has 0 aliphatic carbocycles. The number of benzene rings is 2. The molecule has 2 aromatic carbocycles. The minimum Gasteiger partial charge on any atom is -0.497 e. The standard InChI is InChI=1S/C22H27NO4/c1-5-22(20(25)26,17-9-7-6-8-10-17)15-23-19(24)21(2,3)16-11-13-18(27-4)14-12-16/h6-14H,5,15H2,1-4H3,(H,23,24)(H,25,26). The van der Waals surface area contributed by atoms with E-state index in [1.54, 1.807) is 19.2 Å². The van der Waals surface area contributed by atoms with Gasteiger partial charge in [-0.05, 0) is 43.5 Å². The molecule has 2 N–H and O–H groups in total. The number of carbonyl (C=O) groups excluding carboxylic acids is 1. The molecule has 5 nitrogen and oxygen atoms in total. The first-order valence-corrected chi connectivity index (χ1v) is 8.99. The molecule has 5 heteroatoms. The molecule has 144 valence electrons. The number of methoxy groups -OCH3 is 1. The molecule has 0 radical (unpaired) electrons. The van der Waals surface area contributed by atoms with Gasteiger partial charge in [-0.2, -0.15) is 0 Å². The normalized spacial score (nSPS) is 13.5. The van der Waals surface area contributed by atoms with Gasteiger partial charge in [0.15, 0.2) is 0 Å². The lowest BCUT2D eigenvalue weighted by molar-refractivity contribution is -0.144. The summed E-state index contributed by atoms with van der Waals surface area (Å²) in [6.45, 7) is 5.49. The van der Waals surface area contributed by atoms with Crippen molar-refractivity contribution in [3.8, 4) is 5.75 Å². The fraction of sp³-hybridized carbons (Fsp3) is 0.364. The number of carboxylic acids is 1. The molecule has 0 heterocycles. The number of carbonyl (C=O) groups is 2. The van der Waals surface area contributed by atoms with Crippen LogP contribution in [0.15, 0.2) is 54.6 Å². The summed E-state index contributed by atoms with van der Waals surface area (Å²) in [6, 6.07) is 16.4. The van der Waals surface area contributed by atoms with Crippen molar-refractivity contribution >= 4 is 11.9 Å². The summed E-state index contributed by atoms with van der Waals surface area (Å²) in [5.41, 5.74) is -0.450. The van der Waals surface area contributed by atoms with E-state index in [9.17, 15) is 14.7 Å². The lowest BCUT2D eigenvalue weighted by atomic mass is 9.77. The van der Waals surface area contributed by atoms with Gasteiger partial charge in [0.1, 0.15) is 11.2 Å². The zero-order chi connectivity index (χ0) is 20.1. The molecule has 0 saturated heterocycles. The highest BCUT2D eigenvalue weighted by atomic mass is 16.5. The summed E-state index contributed by atoms with van der Waals surface area (Å²) < 4.78 is 5.16. The Morgan fingerprint density at radius 1 is 1.00 bits per heavy atom. The molecule has 0 aliphatic heterocycles. The second kappa shape index (κ2) is 8.25. The number of hydrogen-bond donors (Lipinski definition) is 2. The van der Waals surface area contributed by atoms with Crippen molar-refractivity contribution in [2.45, 2.75) is 38.0 Å². The van der Waals surface area contributed by atoms with Crippen LogP contribution in [0.25, 0.3) is 0 Å². The number of hydrogen-bond acceptors (Lipinski definition) is 3. The van der Waals surface area contributed by atoms with Gasteiger partial charge in [0.25, 0.3) is 0 Å². The van der Waals surface area contributed by atoms with Gasteiger partial charge in [0.05, 0.1) is 12.5 Å². The van der Waals surface area contributed by atoms with Crippen molar-refractivity contribution in [3.05, 3.63) is 65.7 Å². The Morgan fingerprint density at radius 2 is 1.59 bits per heavy atom. The van der Waals surface area contributed by atoms with Crippen LogP contribution in [0.1, 0.15) is 38.3 Å². The van der Waals surface area contributed by atoms with Crippen molar-refractivity contribution in [1.29, 1.82) is 0 Å². The van der Waals surface area contributed by atoms with Crippen LogP contribution in [0, 0.1) is 0 Å². The average Bonchev–Trinajstić information content (AvgIpc) is 2.69. The highest BCUT2D eigenvalue weighted by Crippen LogP contribution is 2.30. The van der Waals surface area contributed by atoms with Crippen LogP contribution in [0.2, 0.25) is 0 Å². The molecule has 0 bridgehead atoms. The first-order chi connectivity index (χ1) is 12.8. The van der Waals surface area contributed by atoms with Gasteiger partial charge in [-0.3, -0.25) is 9.59 Å². The van der Waals surface area contributed by atoms with E-state index in [1.165, 1.54) is 0 Å². The number of carboxylic acid groups (broad SMARTS) is 1. The monoisotopic (exact) mass is 369 g/mol. The molecule has 2 rings (SSSR count). The Kier molecular flexibility index (Phi) is 6.26. The summed E-state index contributed by atoms with van der Waals surface area (Å²) in [5.74, 6) is -0.448.